The highest BCUT2D eigenvalue weighted by molar-refractivity contribution is 6.31. The smallest absolute Gasteiger partial charge is 0.168 e. The lowest BCUT2D eigenvalue weighted by Crippen LogP contribution is -2.25. The molecule has 0 aliphatic carbocycles. The van der Waals surface area contributed by atoms with Crippen molar-refractivity contribution in [1.82, 2.24) is 0 Å². The molecule has 3 nitrogen and oxygen atoms in total. The van der Waals surface area contributed by atoms with Crippen molar-refractivity contribution in [2.75, 3.05) is 19.8 Å². The average Bonchev–Trinajstić information content (AvgIpc) is 2.55. The van der Waals surface area contributed by atoms with Gasteiger partial charge in [-0.1, -0.05) is 25.4 Å². The molecule has 0 fully saturated rings. The van der Waals surface area contributed by atoms with Crippen LogP contribution >= 0.6 is 11.6 Å². The number of rotatable bonds is 2. The molecular weight excluding hydrogens is 259 g/mol. The molecule has 0 atom stereocenters. The fraction of sp³-hybridized carbons (Fsp3) is 0.538. The van der Waals surface area contributed by atoms with Crippen molar-refractivity contribution in [3.05, 3.63) is 22.5 Å². The summed E-state index contributed by atoms with van der Waals surface area (Å²) in [6.07, 6.45) is 0.729. The van der Waals surface area contributed by atoms with E-state index in [2.05, 4.69) is 0 Å². The first kappa shape index (κ1) is 13.4. The zero-order chi connectivity index (χ0) is 13.3. The molecule has 0 unspecified atom stereocenters. The fourth-order valence-electron chi connectivity index (χ4n) is 1.94. The van der Waals surface area contributed by atoms with Crippen molar-refractivity contribution >= 4 is 11.6 Å². The Morgan fingerprint density at radius 2 is 2.06 bits per heavy atom. The second-order valence-corrected chi connectivity index (χ2v) is 5.37. The predicted molar refractivity (Wildman–Crippen MR) is 67.1 cm³/mol. The van der Waals surface area contributed by atoms with Crippen LogP contribution in [-0.4, -0.2) is 24.9 Å². The summed E-state index contributed by atoms with van der Waals surface area (Å²) in [6.45, 7) is 4.23. The highest BCUT2D eigenvalue weighted by Crippen LogP contribution is 2.44. The van der Waals surface area contributed by atoms with Crippen molar-refractivity contribution in [3.8, 4) is 11.5 Å². The van der Waals surface area contributed by atoms with Gasteiger partial charge in [0.2, 0.25) is 0 Å². The number of benzene rings is 1. The first-order valence-electron chi connectivity index (χ1n) is 5.86. The highest BCUT2D eigenvalue weighted by atomic mass is 35.5. The molecule has 0 saturated carbocycles. The third-order valence-electron chi connectivity index (χ3n) is 3.00. The maximum absolute atomic E-state index is 14.2. The Kier molecular flexibility index (Phi) is 3.69. The van der Waals surface area contributed by atoms with Gasteiger partial charge in [-0.25, -0.2) is 4.39 Å². The predicted octanol–water partition coefficient (Wildman–Crippen LogP) is 2.91. The maximum atomic E-state index is 14.2. The van der Waals surface area contributed by atoms with E-state index >= 15 is 0 Å². The second-order valence-electron chi connectivity index (χ2n) is 4.97. The standard InChI is InChI=1S/C13H16ClFO3/c1-13(2,7-16)10-11(15)8(14)6-9-12(10)18-5-3-4-17-9/h6,16H,3-5,7H2,1-2H3. The molecule has 0 spiro atoms. The summed E-state index contributed by atoms with van der Waals surface area (Å²) in [5, 5.41) is 9.41. The number of hydrogen-bond donors (Lipinski definition) is 1. The Hall–Kier alpha value is -1.00. The molecule has 0 saturated heterocycles. The Labute approximate surface area is 110 Å². The van der Waals surface area contributed by atoms with E-state index in [9.17, 15) is 9.50 Å². The summed E-state index contributed by atoms with van der Waals surface area (Å²) in [7, 11) is 0. The van der Waals surface area contributed by atoms with Crippen LogP contribution in [0.2, 0.25) is 5.02 Å². The van der Waals surface area contributed by atoms with Crippen LogP contribution in [-0.2, 0) is 5.41 Å². The molecule has 2 rings (SSSR count). The van der Waals surface area contributed by atoms with Gasteiger partial charge in [0, 0.05) is 23.5 Å². The van der Waals surface area contributed by atoms with E-state index in [1.54, 1.807) is 13.8 Å². The van der Waals surface area contributed by atoms with Crippen molar-refractivity contribution in [2.45, 2.75) is 25.7 Å². The SMILES string of the molecule is CC(C)(CO)c1c(F)c(Cl)cc2c1OCCCO2. The lowest BCUT2D eigenvalue weighted by atomic mass is 9.84. The molecule has 5 heteroatoms. The number of ether oxygens (including phenoxy) is 2. The molecule has 0 aromatic heterocycles. The minimum Gasteiger partial charge on any atom is -0.489 e. The first-order chi connectivity index (χ1) is 8.47. The van der Waals surface area contributed by atoms with E-state index in [0.717, 1.165) is 6.42 Å². The molecule has 1 aromatic rings. The van der Waals surface area contributed by atoms with Gasteiger partial charge in [-0.15, -0.1) is 0 Å². The molecule has 1 aliphatic heterocycles. The van der Waals surface area contributed by atoms with Crippen LogP contribution in [0.1, 0.15) is 25.8 Å². The quantitative estimate of drug-likeness (QED) is 0.901. The Morgan fingerprint density at radius 1 is 1.39 bits per heavy atom. The number of aliphatic hydroxyl groups excluding tert-OH is 1. The molecule has 100 valence electrons. The number of aliphatic hydroxyl groups is 1. The summed E-state index contributed by atoms with van der Waals surface area (Å²) < 4.78 is 25.3. The van der Waals surface area contributed by atoms with Crippen molar-refractivity contribution < 1.29 is 19.0 Å². The van der Waals surface area contributed by atoms with Gasteiger partial charge in [0.15, 0.2) is 11.5 Å². The van der Waals surface area contributed by atoms with E-state index in [-0.39, 0.29) is 17.2 Å². The minimum absolute atomic E-state index is 0.0178. The number of fused-ring (bicyclic) bond motifs is 1. The van der Waals surface area contributed by atoms with Crippen LogP contribution < -0.4 is 9.47 Å². The van der Waals surface area contributed by atoms with Crippen LogP contribution in [0.3, 0.4) is 0 Å². The van der Waals surface area contributed by atoms with E-state index in [4.69, 9.17) is 21.1 Å². The van der Waals surface area contributed by atoms with Gasteiger partial charge in [-0.05, 0) is 0 Å². The van der Waals surface area contributed by atoms with Gasteiger partial charge in [0.25, 0.3) is 0 Å². The van der Waals surface area contributed by atoms with Crippen LogP contribution in [0.15, 0.2) is 6.07 Å². The van der Waals surface area contributed by atoms with Crippen LogP contribution in [0.4, 0.5) is 4.39 Å². The minimum atomic E-state index is -0.785. The third-order valence-corrected chi connectivity index (χ3v) is 3.28. The largest absolute Gasteiger partial charge is 0.489 e. The van der Waals surface area contributed by atoms with Crippen molar-refractivity contribution in [1.29, 1.82) is 0 Å². The molecule has 1 aromatic carbocycles. The maximum Gasteiger partial charge on any atom is 0.168 e. The van der Waals surface area contributed by atoms with E-state index < -0.39 is 11.2 Å². The van der Waals surface area contributed by atoms with Gasteiger partial charge in [0.05, 0.1) is 24.8 Å². The van der Waals surface area contributed by atoms with Crippen molar-refractivity contribution in [2.24, 2.45) is 0 Å². The van der Waals surface area contributed by atoms with Gasteiger partial charge >= 0.3 is 0 Å². The van der Waals surface area contributed by atoms with E-state index in [1.807, 2.05) is 0 Å². The van der Waals surface area contributed by atoms with Gasteiger partial charge in [-0.2, -0.15) is 0 Å². The first-order valence-corrected chi connectivity index (χ1v) is 6.24. The van der Waals surface area contributed by atoms with Crippen LogP contribution in [0.25, 0.3) is 0 Å². The van der Waals surface area contributed by atoms with Crippen molar-refractivity contribution in [3.63, 3.8) is 0 Å². The molecule has 1 N–H and O–H groups in total. The lowest BCUT2D eigenvalue weighted by Gasteiger charge is -2.26. The lowest BCUT2D eigenvalue weighted by molar-refractivity contribution is 0.208. The Balaban J connectivity index is 2.65. The molecule has 1 heterocycles. The third kappa shape index (κ3) is 2.27. The Bertz CT molecular complexity index is 460. The van der Waals surface area contributed by atoms with E-state index in [0.29, 0.717) is 24.7 Å². The molecular formula is C13H16ClFO3. The Morgan fingerprint density at radius 3 is 2.72 bits per heavy atom. The van der Waals surface area contributed by atoms with Gasteiger partial charge in [0.1, 0.15) is 5.82 Å². The molecule has 18 heavy (non-hydrogen) atoms. The molecule has 0 amide bonds. The fourth-order valence-corrected chi connectivity index (χ4v) is 2.13. The molecule has 1 aliphatic rings. The van der Waals surface area contributed by atoms with Gasteiger partial charge < -0.3 is 14.6 Å². The van der Waals surface area contributed by atoms with Crippen LogP contribution in [0, 0.1) is 5.82 Å². The second kappa shape index (κ2) is 4.94. The summed E-state index contributed by atoms with van der Waals surface area (Å²) in [5.74, 6) is 0.240. The summed E-state index contributed by atoms with van der Waals surface area (Å²) in [4.78, 5) is 0. The molecule has 0 bridgehead atoms. The average molecular weight is 275 g/mol. The van der Waals surface area contributed by atoms with Crippen LogP contribution in [0.5, 0.6) is 11.5 Å². The number of hydrogen-bond acceptors (Lipinski definition) is 3. The molecule has 0 radical (unpaired) electrons. The monoisotopic (exact) mass is 274 g/mol. The summed E-state index contributed by atoms with van der Waals surface area (Å²) in [5.41, 5.74) is -0.512. The topological polar surface area (TPSA) is 38.7 Å². The number of halogens is 2. The van der Waals surface area contributed by atoms with E-state index in [1.165, 1.54) is 6.07 Å². The zero-order valence-electron chi connectivity index (χ0n) is 10.4. The van der Waals surface area contributed by atoms with Gasteiger partial charge in [-0.3, -0.25) is 0 Å². The highest BCUT2D eigenvalue weighted by Gasteiger charge is 2.32. The normalized spacial score (nSPS) is 15.4. The summed E-state index contributed by atoms with van der Waals surface area (Å²) in [6, 6.07) is 1.43. The zero-order valence-corrected chi connectivity index (χ0v) is 11.2. The summed E-state index contributed by atoms with van der Waals surface area (Å²) >= 11 is 5.87.